The van der Waals surface area contributed by atoms with Gasteiger partial charge in [-0.25, -0.2) is 0 Å². The maximum Gasteiger partial charge on any atom is 0.304 e. The fraction of sp³-hybridized carbons (Fsp3) is 0.0714. The van der Waals surface area contributed by atoms with Crippen LogP contribution in [0, 0.1) is 0 Å². The molecule has 17 heavy (non-hydrogen) atoms. The molecular weight excluding hydrogens is 230 g/mol. The Morgan fingerprint density at radius 2 is 1.59 bits per heavy atom. The van der Waals surface area contributed by atoms with E-state index in [0.29, 0.717) is 0 Å². The van der Waals surface area contributed by atoms with E-state index in [1.165, 1.54) is 4.90 Å². The Hall–Kier alpha value is -1.87. The second kappa shape index (κ2) is 3.86. The summed E-state index contributed by atoms with van der Waals surface area (Å²) >= 11 is 0. The molecule has 1 aromatic heterocycles. The van der Waals surface area contributed by atoms with Gasteiger partial charge in [0, 0.05) is 18.2 Å². The molecule has 0 saturated heterocycles. The molecule has 1 atom stereocenters. The summed E-state index contributed by atoms with van der Waals surface area (Å²) in [5.41, 5.74) is 0.118. The van der Waals surface area contributed by atoms with Crippen molar-refractivity contribution >= 4 is 20.8 Å². The number of hydrogen-bond donors (Lipinski definition) is 0. The lowest BCUT2D eigenvalue weighted by Gasteiger charge is -1.92. The van der Waals surface area contributed by atoms with E-state index in [2.05, 4.69) is 12.1 Å². The standard InChI is InChI=1S/C14H12NOS/c1-15-14(16)12-9-5-6-10-13(12)17(15)11-7-3-2-4-8-11/h2-10H,1H3/q+1. The van der Waals surface area contributed by atoms with Gasteiger partial charge in [-0.1, -0.05) is 30.3 Å². The van der Waals surface area contributed by atoms with Gasteiger partial charge in [-0.15, -0.1) is 3.96 Å². The fourth-order valence-electron chi connectivity index (χ4n) is 2.05. The van der Waals surface area contributed by atoms with Crippen molar-refractivity contribution in [2.24, 2.45) is 7.05 Å². The molecule has 0 spiro atoms. The first kappa shape index (κ1) is 10.3. The van der Waals surface area contributed by atoms with Gasteiger partial charge < -0.3 is 0 Å². The Morgan fingerprint density at radius 1 is 0.941 bits per heavy atom. The van der Waals surface area contributed by atoms with Crippen LogP contribution in [0.1, 0.15) is 0 Å². The van der Waals surface area contributed by atoms with Gasteiger partial charge in [0.05, 0.1) is 7.05 Å². The average Bonchev–Trinajstić information content (AvgIpc) is 2.64. The average molecular weight is 242 g/mol. The van der Waals surface area contributed by atoms with Crippen LogP contribution in [0.15, 0.2) is 59.4 Å². The van der Waals surface area contributed by atoms with E-state index in [4.69, 9.17) is 0 Å². The van der Waals surface area contributed by atoms with E-state index in [-0.39, 0.29) is 16.2 Å². The summed E-state index contributed by atoms with van der Waals surface area (Å²) in [6.07, 6.45) is 0. The zero-order valence-corrected chi connectivity index (χ0v) is 10.3. The summed E-state index contributed by atoms with van der Waals surface area (Å²) < 4.78 is 2.96. The zero-order chi connectivity index (χ0) is 11.8. The molecule has 3 rings (SSSR count). The second-order valence-electron chi connectivity index (χ2n) is 3.90. The lowest BCUT2D eigenvalue weighted by molar-refractivity contribution is 0.984. The molecule has 84 valence electrons. The molecule has 3 aromatic rings. The Morgan fingerprint density at radius 3 is 2.35 bits per heavy atom. The van der Waals surface area contributed by atoms with E-state index in [1.54, 1.807) is 0 Å². The maximum absolute atomic E-state index is 12.1. The van der Waals surface area contributed by atoms with Gasteiger partial charge in [-0.2, -0.15) is 0 Å². The summed E-state index contributed by atoms with van der Waals surface area (Å²) in [5.74, 6) is 0. The fourth-order valence-corrected chi connectivity index (χ4v) is 4.16. The number of hydrogen-bond acceptors (Lipinski definition) is 1. The highest BCUT2D eigenvalue weighted by Crippen LogP contribution is 2.36. The smallest absolute Gasteiger partial charge is 0.264 e. The van der Waals surface area contributed by atoms with Crippen LogP contribution in [0.25, 0.3) is 15.0 Å². The SMILES string of the molecule is Cn1c(=O)c2ccccc2[s+]1-c1ccccc1. The topological polar surface area (TPSA) is 22.0 Å². The van der Waals surface area contributed by atoms with Gasteiger partial charge in [0.1, 0.15) is 16.1 Å². The molecule has 0 aliphatic carbocycles. The highest BCUT2D eigenvalue weighted by molar-refractivity contribution is 7.41. The summed E-state index contributed by atoms with van der Waals surface area (Å²) in [4.78, 5) is 13.3. The van der Waals surface area contributed by atoms with Crippen molar-refractivity contribution in [3.63, 3.8) is 0 Å². The summed E-state index contributed by atoms with van der Waals surface area (Å²) in [7, 11) is 1.62. The molecule has 0 aliphatic heterocycles. The molecule has 0 amide bonds. The molecule has 0 radical (unpaired) electrons. The van der Waals surface area contributed by atoms with Gasteiger partial charge in [0.25, 0.3) is 0 Å². The normalized spacial score (nSPS) is 11.9. The molecule has 0 N–H and O–H groups in total. The second-order valence-corrected chi connectivity index (χ2v) is 5.92. The van der Waals surface area contributed by atoms with Crippen molar-refractivity contribution in [3.8, 4) is 4.90 Å². The van der Waals surface area contributed by atoms with E-state index in [0.717, 1.165) is 10.1 Å². The summed E-state index contributed by atoms with van der Waals surface area (Å²) in [6.45, 7) is 0. The van der Waals surface area contributed by atoms with Crippen LogP contribution in [0.3, 0.4) is 0 Å². The molecular formula is C14H12NOS+. The van der Waals surface area contributed by atoms with Crippen LogP contribution in [-0.2, 0) is 7.05 Å². The minimum atomic E-state index is -0.257. The van der Waals surface area contributed by atoms with Crippen molar-refractivity contribution in [1.29, 1.82) is 0 Å². The molecule has 2 aromatic carbocycles. The highest BCUT2D eigenvalue weighted by atomic mass is 32.2. The Bertz CT molecular complexity index is 725. The van der Waals surface area contributed by atoms with E-state index in [9.17, 15) is 4.79 Å². The van der Waals surface area contributed by atoms with E-state index in [1.807, 2.05) is 53.5 Å². The molecule has 0 aliphatic rings. The molecule has 0 fully saturated rings. The Labute approximate surface area is 102 Å². The van der Waals surface area contributed by atoms with E-state index >= 15 is 0 Å². The van der Waals surface area contributed by atoms with E-state index < -0.39 is 0 Å². The number of fused-ring (bicyclic) bond motifs is 1. The quantitative estimate of drug-likeness (QED) is 0.600. The number of aromatic nitrogens is 1. The largest absolute Gasteiger partial charge is 0.304 e. The molecule has 2 nitrogen and oxygen atoms in total. The maximum atomic E-state index is 12.1. The minimum Gasteiger partial charge on any atom is -0.264 e. The Kier molecular flexibility index (Phi) is 2.34. The molecule has 3 heteroatoms. The Balaban J connectivity index is 2.45. The van der Waals surface area contributed by atoms with Gasteiger partial charge in [0.2, 0.25) is 9.60 Å². The van der Waals surface area contributed by atoms with Crippen molar-refractivity contribution < 1.29 is 0 Å². The van der Waals surface area contributed by atoms with Crippen LogP contribution >= 0.6 is 10.7 Å². The molecule has 1 unspecified atom stereocenters. The number of nitrogens with zero attached hydrogens (tertiary/aromatic N) is 1. The molecule has 0 bridgehead atoms. The van der Waals surface area contributed by atoms with Gasteiger partial charge in [0.15, 0.2) is 0 Å². The monoisotopic (exact) mass is 242 g/mol. The first-order valence-electron chi connectivity index (χ1n) is 5.45. The van der Waals surface area contributed by atoms with Crippen LogP contribution in [-0.4, -0.2) is 3.96 Å². The summed E-state index contributed by atoms with van der Waals surface area (Å²) in [6, 6.07) is 18.1. The van der Waals surface area contributed by atoms with Crippen LogP contribution in [0.2, 0.25) is 0 Å². The van der Waals surface area contributed by atoms with Crippen molar-refractivity contribution in [2.45, 2.75) is 0 Å². The van der Waals surface area contributed by atoms with Crippen LogP contribution in [0.4, 0.5) is 0 Å². The predicted octanol–water partition coefficient (Wildman–Crippen LogP) is 3.28. The number of rotatable bonds is 1. The van der Waals surface area contributed by atoms with Crippen LogP contribution < -0.4 is 5.56 Å². The third kappa shape index (κ3) is 1.51. The zero-order valence-electron chi connectivity index (χ0n) is 9.46. The molecule has 0 saturated carbocycles. The molecule has 1 heterocycles. The lowest BCUT2D eigenvalue weighted by atomic mass is 10.3. The van der Waals surface area contributed by atoms with Gasteiger partial charge in [-0.3, -0.25) is 4.79 Å². The first-order valence-corrected chi connectivity index (χ1v) is 6.64. The summed E-state index contributed by atoms with van der Waals surface area (Å²) in [5, 5.41) is 0.835. The van der Waals surface area contributed by atoms with Crippen molar-refractivity contribution in [2.75, 3.05) is 0 Å². The third-order valence-corrected chi connectivity index (χ3v) is 5.06. The third-order valence-electron chi connectivity index (χ3n) is 2.85. The predicted molar refractivity (Wildman–Crippen MR) is 73.0 cm³/mol. The van der Waals surface area contributed by atoms with Gasteiger partial charge >= 0.3 is 5.56 Å². The van der Waals surface area contributed by atoms with Crippen LogP contribution in [0.5, 0.6) is 0 Å². The van der Waals surface area contributed by atoms with Gasteiger partial charge in [-0.05, 0) is 6.07 Å². The number of benzene rings is 2. The van der Waals surface area contributed by atoms with Crippen molar-refractivity contribution in [3.05, 3.63) is 65.0 Å². The first-order chi connectivity index (χ1) is 8.29. The van der Waals surface area contributed by atoms with Crippen molar-refractivity contribution in [1.82, 2.24) is 3.96 Å². The minimum absolute atomic E-state index is 0.118. The lowest BCUT2D eigenvalue weighted by Crippen LogP contribution is -2.09. The highest BCUT2D eigenvalue weighted by Gasteiger charge is 2.22.